The van der Waals surface area contributed by atoms with Crippen LogP contribution in [-0.2, 0) is 13.1 Å². The summed E-state index contributed by atoms with van der Waals surface area (Å²) in [6.07, 6.45) is 0. The third kappa shape index (κ3) is 6.90. The molecule has 0 saturated carbocycles. The zero-order chi connectivity index (χ0) is 19.8. The second-order valence-corrected chi connectivity index (χ2v) is 7.76. The first-order valence-corrected chi connectivity index (χ1v) is 9.73. The molecule has 146 valence electrons. The summed E-state index contributed by atoms with van der Waals surface area (Å²) in [4.78, 5) is 21.6. The van der Waals surface area contributed by atoms with Crippen molar-refractivity contribution in [2.24, 2.45) is 4.99 Å². The number of hydrogen-bond donors (Lipinski definition) is 4. The third-order valence-corrected chi connectivity index (χ3v) is 4.80. The second-order valence-electron chi connectivity index (χ2n) is 6.47. The quantitative estimate of drug-likeness (QED) is 0.452. The molecule has 2 aromatic rings. The Labute approximate surface area is 164 Å². The molecule has 0 bridgehead atoms. The number of urea groups is 1. The molecule has 0 saturated heterocycles. The summed E-state index contributed by atoms with van der Waals surface area (Å²) in [5, 5.41) is 13.3. The first-order valence-electron chi connectivity index (χ1n) is 8.91. The SMILES string of the molecule is CN=C(NCc1ccc(NC(=O)NC(C)C)cc1)NCc1sc(C)nc1C. The van der Waals surface area contributed by atoms with Gasteiger partial charge in [-0.3, -0.25) is 4.99 Å². The lowest BCUT2D eigenvalue weighted by Gasteiger charge is -2.13. The maximum absolute atomic E-state index is 11.7. The van der Waals surface area contributed by atoms with Gasteiger partial charge in [0.15, 0.2) is 5.96 Å². The van der Waals surface area contributed by atoms with Crippen LogP contribution in [0.15, 0.2) is 29.3 Å². The molecule has 0 unspecified atom stereocenters. The normalized spacial score (nSPS) is 11.4. The largest absolute Gasteiger partial charge is 0.352 e. The van der Waals surface area contributed by atoms with Crippen LogP contribution in [0, 0.1) is 13.8 Å². The maximum Gasteiger partial charge on any atom is 0.319 e. The molecule has 8 heteroatoms. The summed E-state index contributed by atoms with van der Waals surface area (Å²) in [6.45, 7) is 9.22. The minimum atomic E-state index is -0.200. The van der Waals surface area contributed by atoms with E-state index in [1.807, 2.05) is 52.0 Å². The van der Waals surface area contributed by atoms with Gasteiger partial charge < -0.3 is 21.3 Å². The Morgan fingerprint density at radius 2 is 1.81 bits per heavy atom. The Bertz CT molecular complexity index is 782. The number of aliphatic imine (C=N–C) groups is 1. The van der Waals surface area contributed by atoms with Gasteiger partial charge in [-0.25, -0.2) is 9.78 Å². The average Bonchev–Trinajstić information content (AvgIpc) is 2.93. The predicted molar refractivity (Wildman–Crippen MR) is 112 cm³/mol. The number of aryl methyl sites for hydroxylation is 2. The number of benzene rings is 1. The van der Waals surface area contributed by atoms with Crippen molar-refractivity contribution in [3.8, 4) is 0 Å². The maximum atomic E-state index is 11.7. The van der Waals surface area contributed by atoms with Gasteiger partial charge in [0.2, 0.25) is 0 Å². The smallest absolute Gasteiger partial charge is 0.319 e. The highest BCUT2D eigenvalue weighted by Gasteiger charge is 2.06. The molecule has 7 nitrogen and oxygen atoms in total. The zero-order valence-corrected chi connectivity index (χ0v) is 17.3. The monoisotopic (exact) mass is 388 g/mol. The number of thiazole rings is 1. The average molecular weight is 389 g/mol. The molecular weight excluding hydrogens is 360 g/mol. The van der Waals surface area contributed by atoms with Gasteiger partial charge in [0.1, 0.15) is 0 Å². The van der Waals surface area contributed by atoms with Gasteiger partial charge in [0.05, 0.1) is 17.2 Å². The van der Waals surface area contributed by atoms with E-state index < -0.39 is 0 Å². The van der Waals surface area contributed by atoms with Crippen molar-refractivity contribution < 1.29 is 4.79 Å². The minimum Gasteiger partial charge on any atom is -0.352 e. The fraction of sp³-hybridized carbons (Fsp3) is 0.421. The van der Waals surface area contributed by atoms with Gasteiger partial charge in [-0.15, -0.1) is 11.3 Å². The van der Waals surface area contributed by atoms with E-state index in [0.29, 0.717) is 13.1 Å². The van der Waals surface area contributed by atoms with Gasteiger partial charge in [0, 0.05) is 30.2 Å². The molecule has 0 radical (unpaired) electrons. The number of rotatable bonds is 6. The van der Waals surface area contributed by atoms with E-state index in [2.05, 4.69) is 31.2 Å². The molecule has 2 rings (SSSR count). The molecule has 0 atom stereocenters. The highest BCUT2D eigenvalue weighted by atomic mass is 32.1. The number of guanidine groups is 1. The zero-order valence-electron chi connectivity index (χ0n) is 16.5. The summed E-state index contributed by atoms with van der Waals surface area (Å²) in [5.74, 6) is 0.735. The van der Waals surface area contributed by atoms with Crippen molar-refractivity contribution in [3.63, 3.8) is 0 Å². The number of carbonyl (C=O) groups excluding carboxylic acids is 1. The van der Waals surface area contributed by atoms with Crippen LogP contribution in [-0.4, -0.2) is 30.1 Å². The standard InChI is InChI=1S/C19H28N6OS/c1-12(2)23-19(26)25-16-8-6-15(7-9-16)10-21-18(20-5)22-11-17-13(3)24-14(4)27-17/h6-9,12H,10-11H2,1-5H3,(H2,20,21,22)(H2,23,25,26). The van der Waals surface area contributed by atoms with Crippen LogP contribution in [0.1, 0.15) is 35.0 Å². The molecule has 2 amide bonds. The van der Waals surface area contributed by atoms with Crippen LogP contribution in [0.5, 0.6) is 0 Å². The molecule has 0 fully saturated rings. The molecule has 1 heterocycles. The number of anilines is 1. The summed E-state index contributed by atoms with van der Waals surface area (Å²) in [7, 11) is 1.75. The van der Waals surface area contributed by atoms with E-state index in [-0.39, 0.29) is 12.1 Å². The lowest BCUT2D eigenvalue weighted by Crippen LogP contribution is -2.36. The summed E-state index contributed by atoms with van der Waals surface area (Å²) in [6, 6.07) is 7.62. The van der Waals surface area contributed by atoms with E-state index in [4.69, 9.17) is 0 Å². The third-order valence-electron chi connectivity index (χ3n) is 3.73. The highest BCUT2D eigenvalue weighted by molar-refractivity contribution is 7.11. The van der Waals surface area contributed by atoms with Crippen molar-refractivity contribution in [1.29, 1.82) is 0 Å². The van der Waals surface area contributed by atoms with E-state index in [1.54, 1.807) is 18.4 Å². The molecule has 0 spiro atoms. The number of carbonyl (C=O) groups is 1. The van der Waals surface area contributed by atoms with E-state index in [9.17, 15) is 4.79 Å². The summed E-state index contributed by atoms with van der Waals surface area (Å²) >= 11 is 1.70. The number of hydrogen-bond acceptors (Lipinski definition) is 4. The number of amides is 2. The Morgan fingerprint density at radius 1 is 1.15 bits per heavy atom. The molecule has 27 heavy (non-hydrogen) atoms. The highest BCUT2D eigenvalue weighted by Crippen LogP contribution is 2.16. The Hall–Kier alpha value is -2.61. The van der Waals surface area contributed by atoms with Crippen LogP contribution in [0.25, 0.3) is 0 Å². The topological polar surface area (TPSA) is 90.4 Å². The van der Waals surface area contributed by atoms with Gasteiger partial charge in [-0.1, -0.05) is 12.1 Å². The molecular formula is C19H28N6OS. The number of nitrogens with one attached hydrogen (secondary N) is 4. The fourth-order valence-electron chi connectivity index (χ4n) is 2.44. The van der Waals surface area contributed by atoms with Gasteiger partial charge in [-0.05, 0) is 45.4 Å². The van der Waals surface area contributed by atoms with Crippen molar-refractivity contribution in [2.45, 2.75) is 46.8 Å². The van der Waals surface area contributed by atoms with Gasteiger partial charge in [0.25, 0.3) is 0 Å². The van der Waals surface area contributed by atoms with E-state index in [1.165, 1.54) is 4.88 Å². The first-order chi connectivity index (χ1) is 12.9. The Morgan fingerprint density at radius 3 is 2.37 bits per heavy atom. The van der Waals surface area contributed by atoms with E-state index in [0.717, 1.165) is 27.9 Å². The Kier molecular flexibility index (Phi) is 7.60. The number of nitrogens with zero attached hydrogens (tertiary/aromatic N) is 2. The van der Waals surface area contributed by atoms with Crippen molar-refractivity contribution in [1.82, 2.24) is 20.9 Å². The summed E-state index contributed by atoms with van der Waals surface area (Å²) in [5.41, 5.74) is 2.91. The first kappa shape index (κ1) is 20.7. The van der Waals surface area contributed by atoms with Crippen molar-refractivity contribution in [3.05, 3.63) is 45.4 Å². The molecule has 0 aliphatic carbocycles. The van der Waals surface area contributed by atoms with E-state index >= 15 is 0 Å². The molecule has 1 aromatic carbocycles. The van der Waals surface area contributed by atoms with Crippen LogP contribution in [0.3, 0.4) is 0 Å². The predicted octanol–water partition coefficient (Wildman–Crippen LogP) is 3.16. The van der Waals surface area contributed by atoms with Crippen LogP contribution >= 0.6 is 11.3 Å². The molecule has 4 N–H and O–H groups in total. The second kappa shape index (κ2) is 9.91. The van der Waals surface area contributed by atoms with Crippen LogP contribution < -0.4 is 21.3 Å². The minimum absolute atomic E-state index is 0.102. The van der Waals surface area contributed by atoms with Crippen molar-refractivity contribution >= 4 is 29.0 Å². The van der Waals surface area contributed by atoms with Gasteiger partial charge in [-0.2, -0.15) is 0 Å². The lowest BCUT2D eigenvalue weighted by molar-refractivity contribution is 0.250. The molecule has 0 aliphatic rings. The van der Waals surface area contributed by atoms with Crippen molar-refractivity contribution in [2.75, 3.05) is 12.4 Å². The Balaban J connectivity index is 1.82. The summed E-state index contributed by atoms with van der Waals surface area (Å²) < 4.78 is 0. The molecule has 1 aromatic heterocycles. The van der Waals surface area contributed by atoms with Gasteiger partial charge >= 0.3 is 6.03 Å². The fourth-order valence-corrected chi connectivity index (χ4v) is 3.32. The van der Waals surface area contributed by atoms with Crippen LogP contribution in [0.2, 0.25) is 0 Å². The number of aromatic nitrogens is 1. The lowest BCUT2D eigenvalue weighted by atomic mass is 10.2. The van der Waals surface area contributed by atoms with Crippen LogP contribution in [0.4, 0.5) is 10.5 Å². The molecule has 0 aliphatic heterocycles.